The van der Waals surface area contributed by atoms with Crippen LogP contribution < -0.4 is 20.1 Å². The zero-order chi connectivity index (χ0) is 19.1. The van der Waals surface area contributed by atoms with Gasteiger partial charge in [0.05, 0.1) is 32.4 Å². The summed E-state index contributed by atoms with van der Waals surface area (Å²) in [5.74, 6) is 0.564. The van der Waals surface area contributed by atoms with Gasteiger partial charge in [0.25, 0.3) is 0 Å². The van der Waals surface area contributed by atoms with Crippen LogP contribution in [0.15, 0.2) is 29.5 Å². The topological polar surface area (TPSA) is 95.1 Å². The summed E-state index contributed by atoms with van der Waals surface area (Å²) in [4.78, 5) is 24.5. The predicted molar refractivity (Wildman–Crippen MR) is 94.1 cm³/mol. The Morgan fingerprint density at radius 2 is 1.96 bits per heavy atom. The molecule has 1 aliphatic heterocycles. The number of carbonyl (C=O) groups excluding carboxylic acids is 2. The number of allylic oxidation sites excluding steroid dienone is 1. The van der Waals surface area contributed by atoms with Gasteiger partial charge < -0.3 is 29.6 Å². The number of rotatable bonds is 8. The van der Waals surface area contributed by atoms with E-state index in [9.17, 15) is 9.59 Å². The van der Waals surface area contributed by atoms with Crippen LogP contribution in [0.25, 0.3) is 0 Å². The third kappa shape index (κ3) is 4.45. The predicted octanol–water partition coefficient (Wildman–Crippen LogP) is 1.91. The molecular weight excluding hydrogens is 340 g/mol. The molecule has 2 amide bonds. The highest BCUT2D eigenvalue weighted by Crippen LogP contribution is 2.35. The van der Waals surface area contributed by atoms with E-state index in [-0.39, 0.29) is 6.61 Å². The minimum absolute atomic E-state index is 0.129. The van der Waals surface area contributed by atoms with Gasteiger partial charge in [-0.25, -0.2) is 9.59 Å². The molecule has 8 nitrogen and oxygen atoms in total. The lowest BCUT2D eigenvalue weighted by molar-refractivity contribution is -0.141. The summed E-state index contributed by atoms with van der Waals surface area (Å²) in [6.07, 6.45) is 0. The van der Waals surface area contributed by atoms with Crippen LogP contribution in [0.3, 0.4) is 0 Å². The molecule has 0 spiro atoms. The highest BCUT2D eigenvalue weighted by Gasteiger charge is 2.34. The lowest BCUT2D eigenvalue weighted by Crippen LogP contribution is -2.45. The van der Waals surface area contributed by atoms with E-state index in [4.69, 9.17) is 18.9 Å². The molecule has 0 aromatic heterocycles. The van der Waals surface area contributed by atoms with Crippen molar-refractivity contribution in [2.24, 2.45) is 0 Å². The summed E-state index contributed by atoms with van der Waals surface area (Å²) in [6.45, 7) is 4.50. The Bertz CT molecular complexity index is 701. The molecule has 2 rings (SSSR count). The largest absolute Gasteiger partial charge is 0.497 e. The molecule has 1 heterocycles. The van der Waals surface area contributed by atoms with Gasteiger partial charge in [0, 0.05) is 23.9 Å². The van der Waals surface area contributed by atoms with Crippen LogP contribution in [-0.4, -0.2) is 46.0 Å². The van der Waals surface area contributed by atoms with E-state index in [0.717, 1.165) is 0 Å². The van der Waals surface area contributed by atoms with Gasteiger partial charge in [0.1, 0.15) is 18.1 Å². The summed E-state index contributed by atoms with van der Waals surface area (Å²) in [5.41, 5.74) is 1.36. The molecular formula is C18H24N2O6. The molecule has 2 N–H and O–H groups in total. The Hall–Kier alpha value is -2.74. The van der Waals surface area contributed by atoms with E-state index in [1.165, 1.54) is 7.11 Å². The van der Waals surface area contributed by atoms with Crippen LogP contribution in [0.2, 0.25) is 0 Å². The van der Waals surface area contributed by atoms with Gasteiger partial charge in [-0.3, -0.25) is 0 Å². The lowest BCUT2D eigenvalue weighted by atomic mass is 9.94. The first kappa shape index (κ1) is 19.6. The number of benzene rings is 1. The molecule has 0 radical (unpaired) electrons. The van der Waals surface area contributed by atoms with E-state index in [1.54, 1.807) is 32.2 Å². The van der Waals surface area contributed by atoms with Gasteiger partial charge in [0.15, 0.2) is 0 Å². The number of nitrogens with one attached hydrogen (secondary N) is 2. The van der Waals surface area contributed by atoms with E-state index in [1.807, 2.05) is 6.92 Å². The zero-order valence-corrected chi connectivity index (χ0v) is 15.4. The highest BCUT2D eigenvalue weighted by molar-refractivity contribution is 5.95. The fourth-order valence-electron chi connectivity index (χ4n) is 2.67. The van der Waals surface area contributed by atoms with Gasteiger partial charge in [-0.2, -0.15) is 0 Å². The van der Waals surface area contributed by atoms with Crippen LogP contribution in [0, 0.1) is 0 Å². The first-order valence-corrected chi connectivity index (χ1v) is 8.26. The Morgan fingerprint density at radius 3 is 2.62 bits per heavy atom. The smallest absolute Gasteiger partial charge is 0.338 e. The van der Waals surface area contributed by atoms with Crippen molar-refractivity contribution in [1.82, 2.24) is 10.6 Å². The van der Waals surface area contributed by atoms with E-state index >= 15 is 0 Å². The number of amides is 2. The number of esters is 1. The maximum Gasteiger partial charge on any atom is 0.338 e. The van der Waals surface area contributed by atoms with Crippen molar-refractivity contribution in [3.05, 3.63) is 35.0 Å². The summed E-state index contributed by atoms with van der Waals surface area (Å²) in [5, 5.41) is 5.35. The second-order valence-corrected chi connectivity index (χ2v) is 5.51. The molecule has 1 aromatic rings. The maximum absolute atomic E-state index is 12.6. The number of urea groups is 1. The minimum Gasteiger partial charge on any atom is -0.497 e. The second-order valence-electron chi connectivity index (χ2n) is 5.51. The number of methoxy groups -OCH3 is 2. The van der Waals surface area contributed by atoms with Crippen molar-refractivity contribution in [2.75, 3.05) is 34.0 Å². The van der Waals surface area contributed by atoms with Crippen LogP contribution in [0.4, 0.5) is 4.79 Å². The Labute approximate surface area is 152 Å². The molecule has 1 atom stereocenters. The normalized spacial score (nSPS) is 16.6. The van der Waals surface area contributed by atoms with Gasteiger partial charge in [0.2, 0.25) is 0 Å². The third-order valence-electron chi connectivity index (χ3n) is 3.91. The van der Waals surface area contributed by atoms with Gasteiger partial charge in [-0.05, 0) is 26.0 Å². The maximum atomic E-state index is 12.6. The van der Waals surface area contributed by atoms with Crippen LogP contribution >= 0.6 is 0 Å². The van der Waals surface area contributed by atoms with Crippen molar-refractivity contribution in [3.8, 4) is 11.5 Å². The number of hydrogen-bond donors (Lipinski definition) is 2. The van der Waals surface area contributed by atoms with Crippen molar-refractivity contribution in [2.45, 2.75) is 19.9 Å². The fourth-order valence-corrected chi connectivity index (χ4v) is 2.67. The van der Waals surface area contributed by atoms with E-state index < -0.39 is 18.0 Å². The standard InChI is InChI=1S/C18H24N2O6/c1-5-25-8-9-26-17(21)15-11(2)19-18(22)20-16(15)13-7-6-12(23-3)10-14(13)24-4/h6-7,10,16H,5,8-9H2,1-4H3,(H2,19,20,22)/t16-/m1/s1. The first-order chi connectivity index (χ1) is 12.5. The number of carbonyl (C=O) groups is 2. The average molecular weight is 364 g/mol. The molecule has 0 fully saturated rings. The van der Waals surface area contributed by atoms with Crippen molar-refractivity contribution in [3.63, 3.8) is 0 Å². The molecule has 8 heteroatoms. The molecule has 1 aliphatic rings. The Balaban J connectivity index is 2.33. The van der Waals surface area contributed by atoms with Crippen molar-refractivity contribution < 1.29 is 28.5 Å². The Morgan fingerprint density at radius 1 is 1.19 bits per heavy atom. The number of ether oxygens (including phenoxy) is 4. The molecule has 0 bridgehead atoms. The molecule has 0 aliphatic carbocycles. The van der Waals surface area contributed by atoms with Crippen molar-refractivity contribution in [1.29, 1.82) is 0 Å². The van der Waals surface area contributed by atoms with Crippen molar-refractivity contribution >= 4 is 12.0 Å². The molecule has 0 saturated heterocycles. The van der Waals surface area contributed by atoms with E-state index in [0.29, 0.717) is 41.5 Å². The second kappa shape index (κ2) is 9.10. The third-order valence-corrected chi connectivity index (χ3v) is 3.91. The zero-order valence-electron chi connectivity index (χ0n) is 15.4. The SMILES string of the molecule is CCOCCOC(=O)C1=C(C)NC(=O)N[C@@H]1c1ccc(OC)cc1OC. The molecule has 26 heavy (non-hydrogen) atoms. The summed E-state index contributed by atoms with van der Waals surface area (Å²) in [7, 11) is 3.06. The van der Waals surface area contributed by atoms with Crippen LogP contribution in [-0.2, 0) is 14.3 Å². The molecule has 0 unspecified atom stereocenters. The van der Waals surface area contributed by atoms with Crippen LogP contribution in [0.5, 0.6) is 11.5 Å². The summed E-state index contributed by atoms with van der Waals surface area (Å²) in [6, 6.07) is 4.06. The van der Waals surface area contributed by atoms with E-state index in [2.05, 4.69) is 10.6 Å². The van der Waals surface area contributed by atoms with Gasteiger partial charge >= 0.3 is 12.0 Å². The highest BCUT2D eigenvalue weighted by atomic mass is 16.6. The summed E-state index contributed by atoms with van der Waals surface area (Å²) >= 11 is 0. The number of hydrogen-bond acceptors (Lipinski definition) is 6. The first-order valence-electron chi connectivity index (χ1n) is 8.26. The molecule has 1 aromatic carbocycles. The van der Waals surface area contributed by atoms with Gasteiger partial charge in [-0.15, -0.1) is 0 Å². The minimum atomic E-state index is -0.704. The molecule has 142 valence electrons. The van der Waals surface area contributed by atoms with Crippen LogP contribution in [0.1, 0.15) is 25.5 Å². The molecule has 0 saturated carbocycles. The summed E-state index contributed by atoms with van der Waals surface area (Å²) < 4.78 is 21.1. The quantitative estimate of drug-likeness (QED) is 0.540. The van der Waals surface area contributed by atoms with Gasteiger partial charge in [-0.1, -0.05) is 0 Å². The monoisotopic (exact) mass is 364 g/mol. The Kier molecular flexibility index (Phi) is 6.85. The average Bonchev–Trinajstić information content (AvgIpc) is 2.63. The fraction of sp³-hybridized carbons (Fsp3) is 0.444. The lowest BCUT2D eigenvalue weighted by Gasteiger charge is -2.29.